The lowest BCUT2D eigenvalue weighted by atomic mass is 10.2. The zero-order chi connectivity index (χ0) is 11.4. The van der Waals surface area contributed by atoms with Gasteiger partial charge in [-0.3, -0.25) is 4.90 Å². The average Bonchev–Trinajstić information content (AvgIpc) is 2.30. The molecule has 0 unspecified atom stereocenters. The van der Waals surface area contributed by atoms with Gasteiger partial charge >= 0.3 is 0 Å². The molecule has 0 amide bonds. The van der Waals surface area contributed by atoms with E-state index in [1.165, 1.54) is 5.69 Å². The van der Waals surface area contributed by atoms with Crippen molar-refractivity contribution in [3.8, 4) is 0 Å². The molecule has 1 aromatic rings. The highest BCUT2D eigenvalue weighted by atomic mass is 35.5. The second-order valence-electron chi connectivity index (χ2n) is 4.09. The fourth-order valence-electron chi connectivity index (χ4n) is 2.09. The molecule has 3 heteroatoms. The maximum Gasteiger partial charge on any atom is 0.0426 e. The van der Waals surface area contributed by atoms with E-state index in [4.69, 9.17) is 11.6 Å². The Kier molecular flexibility index (Phi) is 4.08. The molecular formula is C13H18ClN2. The summed E-state index contributed by atoms with van der Waals surface area (Å²) in [6, 6.07) is 8.11. The molecule has 1 aliphatic rings. The minimum atomic E-state index is 0.819. The minimum absolute atomic E-state index is 0.819. The molecule has 1 fully saturated rings. The maximum atomic E-state index is 6.00. The molecule has 1 aromatic carbocycles. The van der Waals surface area contributed by atoms with E-state index in [1.54, 1.807) is 0 Å². The van der Waals surface area contributed by atoms with E-state index in [0.29, 0.717) is 0 Å². The summed E-state index contributed by atoms with van der Waals surface area (Å²) in [6.45, 7) is 8.85. The van der Waals surface area contributed by atoms with Gasteiger partial charge in [-0.2, -0.15) is 0 Å². The van der Waals surface area contributed by atoms with Gasteiger partial charge in [-0.05, 0) is 24.6 Å². The first-order chi connectivity index (χ1) is 7.79. The van der Waals surface area contributed by atoms with Crippen molar-refractivity contribution in [3.63, 3.8) is 0 Å². The zero-order valence-corrected chi connectivity index (χ0v) is 10.5. The molecule has 0 bridgehead atoms. The number of halogens is 1. The SMILES string of the molecule is CC[CH]N1CCN(c2cccc(Cl)c2)CC1. The highest BCUT2D eigenvalue weighted by Gasteiger charge is 2.16. The zero-order valence-electron chi connectivity index (χ0n) is 9.69. The van der Waals surface area contributed by atoms with Crippen molar-refractivity contribution in [1.29, 1.82) is 0 Å². The van der Waals surface area contributed by atoms with Crippen LogP contribution in [-0.2, 0) is 0 Å². The van der Waals surface area contributed by atoms with Gasteiger partial charge in [0.2, 0.25) is 0 Å². The fraction of sp³-hybridized carbons (Fsp3) is 0.462. The monoisotopic (exact) mass is 237 g/mol. The van der Waals surface area contributed by atoms with Gasteiger partial charge in [-0.1, -0.05) is 24.6 Å². The third-order valence-corrected chi connectivity index (χ3v) is 3.16. The van der Waals surface area contributed by atoms with Crippen LogP contribution in [-0.4, -0.2) is 31.1 Å². The Labute approximate surface area is 103 Å². The van der Waals surface area contributed by atoms with Crippen LogP contribution in [0.15, 0.2) is 24.3 Å². The molecule has 1 saturated heterocycles. The van der Waals surface area contributed by atoms with Gasteiger partial charge < -0.3 is 4.90 Å². The van der Waals surface area contributed by atoms with Gasteiger partial charge in [0.05, 0.1) is 0 Å². The molecule has 0 N–H and O–H groups in total. The number of anilines is 1. The third kappa shape index (κ3) is 2.89. The van der Waals surface area contributed by atoms with Crippen molar-refractivity contribution in [2.75, 3.05) is 31.1 Å². The third-order valence-electron chi connectivity index (χ3n) is 2.93. The summed E-state index contributed by atoms with van der Waals surface area (Å²) in [4.78, 5) is 4.80. The smallest absolute Gasteiger partial charge is 0.0426 e. The molecule has 2 rings (SSSR count). The van der Waals surface area contributed by atoms with Crippen LogP contribution in [0.4, 0.5) is 5.69 Å². The van der Waals surface area contributed by atoms with E-state index in [9.17, 15) is 0 Å². The molecule has 87 valence electrons. The molecule has 0 aromatic heterocycles. The van der Waals surface area contributed by atoms with Crippen LogP contribution >= 0.6 is 11.6 Å². The van der Waals surface area contributed by atoms with E-state index in [1.807, 2.05) is 18.2 Å². The van der Waals surface area contributed by atoms with Crippen LogP contribution in [0, 0.1) is 6.54 Å². The van der Waals surface area contributed by atoms with Crippen molar-refractivity contribution in [3.05, 3.63) is 35.8 Å². The van der Waals surface area contributed by atoms with Crippen molar-refractivity contribution >= 4 is 17.3 Å². The number of piperazine rings is 1. The van der Waals surface area contributed by atoms with Crippen LogP contribution in [0.2, 0.25) is 5.02 Å². The summed E-state index contributed by atoms with van der Waals surface area (Å²) >= 11 is 6.00. The molecule has 2 nitrogen and oxygen atoms in total. The van der Waals surface area contributed by atoms with Crippen LogP contribution in [0.3, 0.4) is 0 Å². The lowest BCUT2D eigenvalue weighted by Gasteiger charge is -2.35. The molecule has 0 saturated carbocycles. The summed E-state index contributed by atoms with van der Waals surface area (Å²) in [5.74, 6) is 0. The Bertz CT molecular complexity index is 332. The Balaban J connectivity index is 1.94. The summed E-state index contributed by atoms with van der Waals surface area (Å²) in [7, 11) is 0. The van der Waals surface area contributed by atoms with E-state index in [0.717, 1.165) is 37.6 Å². The normalized spacial score (nSPS) is 17.8. The standard InChI is InChI=1S/C13H18ClN2/c1-2-6-15-7-9-16(10-8-15)13-5-3-4-12(14)11-13/h3-6,11H,2,7-10H2,1H3. The predicted molar refractivity (Wildman–Crippen MR) is 69.8 cm³/mol. The van der Waals surface area contributed by atoms with Crippen molar-refractivity contribution in [1.82, 2.24) is 4.90 Å². The van der Waals surface area contributed by atoms with Crippen LogP contribution in [0.1, 0.15) is 13.3 Å². The van der Waals surface area contributed by atoms with Crippen LogP contribution in [0.25, 0.3) is 0 Å². The van der Waals surface area contributed by atoms with E-state index < -0.39 is 0 Å². The first kappa shape index (κ1) is 11.7. The second kappa shape index (κ2) is 5.55. The number of rotatable bonds is 3. The quantitative estimate of drug-likeness (QED) is 0.798. The van der Waals surface area contributed by atoms with E-state index in [2.05, 4.69) is 29.3 Å². The maximum absolute atomic E-state index is 6.00. The number of hydrogen-bond acceptors (Lipinski definition) is 2. The van der Waals surface area contributed by atoms with E-state index in [-0.39, 0.29) is 0 Å². The van der Waals surface area contributed by atoms with Crippen molar-refractivity contribution < 1.29 is 0 Å². The van der Waals surface area contributed by atoms with Gasteiger partial charge in [-0.25, -0.2) is 0 Å². The lowest BCUT2D eigenvalue weighted by Crippen LogP contribution is -2.45. The number of nitrogens with zero attached hydrogens (tertiary/aromatic N) is 2. The van der Waals surface area contributed by atoms with Crippen molar-refractivity contribution in [2.24, 2.45) is 0 Å². The molecule has 16 heavy (non-hydrogen) atoms. The fourth-order valence-corrected chi connectivity index (χ4v) is 2.28. The Morgan fingerprint density at radius 1 is 1.25 bits per heavy atom. The minimum Gasteiger partial charge on any atom is -0.369 e. The van der Waals surface area contributed by atoms with Gasteiger partial charge in [0.25, 0.3) is 0 Å². The molecule has 1 radical (unpaired) electrons. The first-order valence-corrected chi connectivity index (χ1v) is 6.25. The summed E-state index contributed by atoms with van der Waals surface area (Å²) in [5.41, 5.74) is 1.24. The Hall–Kier alpha value is -0.730. The average molecular weight is 238 g/mol. The Morgan fingerprint density at radius 3 is 2.62 bits per heavy atom. The van der Waals surface area contributed by atoms with Crippen LogP contribution < -0.4 is 4.90 Å². The predicted octanol–water partition coefficient (Wildman–Crippen LogP) is 3.03. The number of benzene rings is 1. The van der Waals surface area contributed by atoms with Gasteiger partial charge in [0.1, 0.15) is 0 Å². The van der Waals surface area contributed by atoms with Gasteiger partial charge in [0, 0.05) is 43.4 Å². The van der Waals surface area contributed by atoms with E-state index >= 15 is 0 Å². The Morgan fingerprint density at radius 2 is 2.00 bits per heavy atom. The summed E-state index contributed by atoms with van der Waals surface area (Å²) in [6.07, 6.45) is 1.12. The second-order valence-corrected chi connectivity index (χ2v) is 4.53. The molecule has 1 heterocycles. The topological polar surface area (TPSA) is 6.48 Å². The number of hydrogen-bond donors (Lipinski definition) is 0. The molecular weight excluding hydrogens is 220 g/mol. The largest absolute Gasteiger partial charge is 0.369 e. The summed E-state index contributed by atoms with van der Waals surface area (Å²) < 4.78 is 0. The van der Waals surface area contributed by atoms with Crippen molar-refractivity contribution in [2.45, 2.75) is 13.3 Å². The van der Waals surface area contributed by atoms with Crippen LogP contribution in [0.5, 0.6) is 0 Å². The lowest BCUT2D eigenvalue weighted by molar-refractivity contribution is 0.306. The first-order valence-electron chi connectivity index (χ1n) is 5.87. The summed E-state index contributed by atoms with van der Waals surface area (Å²) in [5, 5.41) is 0.819. The van der Waals surface area contributed by atoms with Gasteiger partial charge in [0.15, 0.2) is 0 Å². The molecule has 0 aliphatic carbocycles. The molecule has 1 aliphatic heterocycles. The van der Waals surface area contributed by atoms with Gasteiger partial charge in [-0.15, -0.1) is 0 Å². The highest BCUT2D eigenvalue weighted by Crippen LogP contribution is 2.20. The molecule has 0 atom stereocenters. The highest BCUT2D eigenvalue weighted by molar-refractivity contribution is 6.30. The molecule has 0 spiro atoms.